The number of aliphatic hydroxyl groups excluding tert-OH is 2. The first kappa shape index (κ1) is 16.9. The Morgan fingerprint density at radius 1 is 1.45 bits per heavy atom. The van der Waals surface area contributed by atoms with Crippen molar-refractivity contribution in [2.24, 2.45) is 0 Å². The molecule has 0 saturated carbocycles. The van der Waals surface area contributed by atoms with Gasteiger partial charge in [0, 0.05) is 0 Å². The number of halogens is 2. The lowest BCUT2D eigenvalue weighted by molar-refractivity contribution is 0.0631. The highest BCUT2D eigenvalue weighted by Gasteiger charge is 2.30. The van der Waals surface area contributed by atoms with Crippen LogP contribution in [0.5, 0.6) is 0 Å². The van der Waals surface area contributed by atoms with E-state index < -0.39 is 30.4 Å². The maximum atomic E-state index is 12.0. The van der Waals surface area contributed by atoms with E-state index in [1.807, 2.05) is 0 Å². The van der Waals surface area contributed by atoms with E-state index >= 15 is 0 Å². The number of carbonyl (C=O) groups excluding carboxylic acids is 1. The third kappa shape index (κ3) is 4.46. The van der Waals surface area contributed by atoms with Gasteiger partial charge in [-0.05, 0) is 18.6 Å². The number of alkyl halides is 2. The zero-order chi connectivity index (χ0) is 15.2. The molecule has 0 spiro atoms. The van der Waals surface area contributed by atoms with Crippen LogP contribution in [0.4, 0.5) is 8.78 Å². The molecule has 0 aliphatic carbocycles. The van der Waals surface area contributed by atoms with Crippen LogP contribution in [0.15, 0.2) is 16.5 Å². The quantitative estimate of drug-likeness (QED) is 0.679. The monoisotopic (exact) mass is 309 g/mol. The van der Waals surface area contributed by atoms with Gasteiger partial charge in [0.25, 0.3) is 11.7 Å². The molecule has 0 saturated heterocycles. The van der Waals surface area contributed by atoms with Crippen molar-refractivity contribution in [3.63, 3.8) is 0 Å². The number of thioether (sulfide) groups is 1. The van der Waals surface area contributed by atoms with Gasteiger partial charge in [0.15, 0.2) is 5.76 Å². The van der Waals surface area contributed by atoms with Crippen LogP contribution >= 0.6 is 11.8 Å². The first-order chi connectivity index (χ1) is 9.46. The summed E-state index contributed by atoms with van der Waals surface area (Å²) < 4.78 is 29.2. The van der Waals surface area contributed by atoms with Crippen molar-refractivity contribution in [2.45, 2.75) is 30.4 Å². The Bertz CT molecular complexity index is 427. The summed E-state index contributed by atoms with van der Waals surface area (Å²) in [7, 11) is 0. The minimum Gasteiger partial charge on any atom is -0.455 e. The fraction of sp³-hybridized carbons (Fsp3) is 0.583. The smallest absolute Gasteiger partial charge is 0.287 e. The second kappa shape index (κ2) is 7.61. The number of carbonyl (C=O) groups is 1. The summed E-state index contributed by atoms with van der Waals surface area (Å²) in [5.74, 6) is -2.94. The van der Waals surface area contributed by atoms with Gasteiger partial charge in [-0.1, -0.05) is 18.7 Å². The molecule has 1 amide bonds. The van der Waals surface area contributed by atoms with E-state index in [0.717, 1.165) is 0 Å². The molecule has 1 heterocycles. The van der Waals surface area contributed by atoms with Crippen molar-refractivity contribution in [3.05, 3.63) is 23.7 Å². The summed E-state index contributed by atoms with van der Waals surface area (Å²) in [6.07, 6.45) is 0.334. The number of hydrogen-bond donors (Lipinski definition) is 3. The molecule has 0 radical (unpaired) electrons. The zero-order valence-corrected chi connectivity index (χ0v) is 11.8. The average molecular weight is 309 g/mol. The summed E-state index contributed by atoms with van der Waals surface area (Å²) in [4.78, 5) is 11.9. The highest BCUT2D eigenvalue weighted by Crippen LogP contribution is 2.21. The van der Waals surface area contributed by atoms with Crippen molar-refractivity contribution in [1.82, 2.24) is 5.32 Å². The number of aliphatic hydroxyl groups is 2. The van der Waals surface area contributed by atoms with Gasteiger partial charge in [-0.15, -0.1) is 0 Å². The van der Waals surface area contributed by atoms with E-state index in [4.69, 9.17) is 4.42 Å². The average Bonchev–Trinajstić information content (AvgIpc) is 2.91. The molecule has 0 aliphatic rings. The van der Waals surface area contributed by atoms with E-state index in [0.29, 0.717) is 18.2 Å². The fourth-order valence-corrected chi connectivity index (χ4v) is 1.91. The maximum Gasteiger partial charge on any atom is 0.287 e. The van der Waals surface area contributed by atoms with E-state index in [-0.39, 0.29) is 17.3 Å². The molecule has 1 aromatic rings. The fourth-order valence-electron chi connectivity index (χ4n) is 1.47. The number of amides is 1. The topological polar surface area (TPSA) is 82.7 Å². The normalized spacial score (nSPS) is 11.9. The van der Waals surface area contributed by atoms with E-state index in [1.165, 1.54) is 12.1 Å². The van der Waals surface area contributed by atoms with Gasteiger partial charge >= 0.3 is 0 Å². The largest absolute Gasteiger partial charge is 0.455 e. The lowest BCUT2D eigenvalue weighted by Crippen LogP contribution is -2.53. The molecule has 8 heteroatoms. The second-order valence-corrected chi connectivity index (χ2v) is 5.22. The summed E-state index contributed by atoms with van der Waals surface area (Å²) >= 11 is 0.397. The van der Waals surface area contributed by atoms with Crippen LogP contribution in [-0.2, 0) is 5.75 Å². The predicted octanol–water partition coefficient (Wildman–Crippen LogP) is 1.60. The molecule has 0 atom stereocenters. The summed E-state index contributed by atoms with van der Waals surface area (Å²) in [6.45, 7) is 0.876. The molecule has 0 bridgehead atoms. The van der Waals surface area contributed by atoms with Crippen LogP contribution in [0.2, 0.25) is 0 Å². The molecule has 114 valence electrons. The lowest BCUT2D eigenvalue weighted by Gasteiger charge is -2.29. The van der Waals surface area contributed by atoms with Crippen molar-refractivity contribution in [3.8, 4) is 0 Å². The molecule has 1 aromatic heterocycles. The van der Waals surface area contributed by atoms with Crippen LogP contribution in [0.25, 0.3) is 0 Å². The maximum absolute atomic E-state index is 12.0. The standard InChI is InChI=1S/C12H17F2NO4S/c1-2-12(6-16,7-17)15-10(18)9-4-3-8(19-9)5-20-11(13)14/h3-4,11,16-17H,2,5-7H2,1H3,(H,15,18). The number of hydrogen-bond acceptors (Lipinski definition) is 5. The molecule has 0 aromatic carbocycles. The molecule has 0 fully saturated rings. The zero-order valence-electron chi connectivity index (χ0n) is 10.9. The highest BCUT2D eigenvalue weighted by molar-refractivity contribution is 7.98. The molecule has 0 aliphatic heterocycles. The molecule has 0 unspecified atom stereocenters. The van der Waals surface area contributed by atoms with E-state index in [1.54, 1.807) is 6.92 Å². The van der Waals surface area contributed by atoms with Gasteiger partial charge in [-0.25, -0.2) is 0 Å². The van der Waals surface area contributed by atoms with Crippen molar-refractivity contribution >= 4 is 17.7 Å². The first-order valence-corrected chi connectivity index (χ1v) is 7.04. The third-order valence-electron chi connectivity index (χ3n) is 2.90. The van der Waals surface area contributed by atoms with Gasteiger partial charge in [0.05, 0.1) is 24.5 Å². The molecular weight excluding hydrogens is 292 g/mol. The Hall–Kier alpha value is -1.12. The first-order valence-electron chi connectivity index (χ1n) is 5.99. The molecular formula is C12H17F2NO4S. The summed E-state index contributed by atoms with van der Waals surface area (Å²) in [6, 6.07) is 2.81. The van der Waals surface area contributed by atoms with Crippen molar-refractivity contribution in [2.75, 3.05) is 13.2 Å². The molecule has 5 nitrogen and oxygen atoms in total. The Balaban J connectivity index is 2.68. The van der Waals surface area contributed by atoms with Gasteiger partial charge in [-0.2, -0.15) is 8.78 Å². The molecule has 3 N–H and O–H groups in total. The Kier molecular flexibility index (Phi) is 6.44. The number of furan rings is 1. The van der Waals surface area contributed by atoms with Crippen LogP contribution in [-0.4, -0.2) is 40.6 Å². The van der Waals surface area contributed by atoms with Crippen LogP contribution < -0.4 is 5.32 Å². The summed E-state index contributed by atoms with van der Waals surface area (Å²) in [5.41, 5.74) is -1.12. The minimum absolute atomic E-state index is 0.0378. The molecule has 1 rings (SSSR count). The second-order valence-electron chi connectivity index (χ2n) is 4.24. The number of nitrogens with one attached hydrogen (secondary N) is 1. The van der Waals surface area contributed by atoms with Gasteiger partial charge in [0.2, 0.25) is 0 Å². The van der Waals surface area contributed by atoms with Crippen molar-refractivity contribution < 1.29 is 28.2 Å². The Morgan fingerprint density at radius 3 is 2.60 bits per heavy atom. The predicted molar refractivity (Wildman–Crippen MR) is 70.7 cm³/mol. The van der Waals surface area contributed by atoms with Crippen LogP contribution in [0, 0.1) is 0 Å². The Morgan fingerprint density at radius 2 is 2.10 bits per heavy atom. The highest BCUT2D eigenvalue weighted by atomic mass is 32.2. The van der Waals surface area contributed by atoms with Crippen molar-refractivity contribution in [1.29, 1.82) is 0 Å². The molecule has 20 heavy (non-hydrogen) atoms. The number of rotatable bonds is 8. The SMILES string of the molecule is CCC(CO)(CO)NC(=O)c1ccc(CSC(F)F)o1. The lowest BCUT2D eigenvalue weighted by atomic mass is 9.98. The van der Waals surface area contributed by atoms with Gasteiger partial charge < -0.3 is 19.9 Å². The third-order valence-corrected chi connectivity index (χ3v) is 3.60. The summed E-state index contributed by atoms with van der Waals surface area (Å²) in [5, 5.41) is 20.9. The van der Waals surface area contributed by atoms with E-state index in [2.05, 4.69) is 5.32 Å². The Labute approximate surface area is 119 Å². The van der Waals surface area contributed by atoms with E-state index in [9.17, 15) is 23.8 Å². The minimum atomic E-state index is -2.51. The van der Waals surface area contributed by atoms with Crippen LogP contribution in [0.1, 0.15) is 29.7 Å². The van der Waals surface area contributed by atoms with Gasteiger partial charge in [0.1, 0.15) is 5.76 Å². The van der Waals surface area contributed by atoms with Crippen LogP contribution in [0.3, 0.4) is 0 Å². The van der Waals surface area contributed by atoms with Gasteiger partial charge in [-0.3, -0.25) is 4.79 Å².